The molecule has 0 spiro atoms. The lowest BCUT2D eigenvalue weighted by molar-refractivity contribution is -0.126. The van der Waals surface area contributed by atoms with Crippen LogP contribution in [0.15, 0.2) is 24.3 Å². The number of nitrogens with one attached hydrogen (secondary N) is 2. The van der Waals surface area contributed by atoms with Crippen LogP contribution in [0, 0.1) is 18.8 Å². The molecule has 2 N–H and O–H groups in total. The maximum absolute atomic E-state index is 12.2. The normalized spacial score (nSPS) is 24.8. The Kier molecular flexibility index (Phi) is 4.02. The molecule has 1 aliphatic rings. The SMILES string of the molecule is Cc1ccc(C(C)NC(=O)C2CNCC2C)cc1. The first-order valence-corrected chi connectivity index (χ1v) is 6.65. The van der Waals surface area contributed by atoms with Crippen molar-refractivity contribution in [3.05, 3.63) is 35.4 Å². The Morgan fingerprint density at radius 3 is 2.56 bits per heavy atom. The monoisotopic (exact) mass is 246 g/mol. The Morgan fingerprint density at radius 1 is 1.33 bits per heavy atom. The lowest BCUT2D eigenvalue weighted by Crippen LogP contribution is -2.35. The molecule has 0 saturated carbocycles. The van der Waals surface area contributed by atoms with E-state index in [1.807, 2.05) is 6.92 Å². The number of aryl methyl sites for hydroxylation is 1. The minimum atomic E-state index is 0.0749. The number of hydrogen-bond donors (Lipinski definition) is 2. The van der Waals surface area contributed by atoms with E-state index in [2.05, 4.69) is 48.7 Å². The molecule has 0 bridgehead atoms. The van der Waals surface area contributed by atoms with Crippen molar-refractivity contribution in [3.8, 4) is 0 Å². The van der Waals surface area contributed by atoms with E-state index in [0.717, 1.165) is 18.7 Å². The summed E-state index contributed by atoms with van der Waals surface area (Å²) in [6.07, 6.45) is 0. The van der Waals surface area contributed by atoms with Crippen molar-refractivity contribution in [2.45, 2.75) is 26.8 Å². The van der Waals surface area contributed by atoms with Crippen molar-refractivity contribution in [3.63, 3.8) is 0 Å². The lowest BCUT2D eigenvalue weighted by Gasteiger charge is -2.19. The zero-order chi connectivity index (χ0) is 13.1. The van der Waals surface area contributed by atoms with Crippen molar-refractivity contribution >= 4 is 5.91 Å². The van der Waals surface area contributed by atoms with Crippen LogP contribution in [-0.4, -0.2) is 19.0 Å². The van der Waals surface area contributed by atoms with E-state index in [4.69, 9.17) is 0 Å². The van der Waals surface area contributed by atoms with E-state index < -0.39 is 0 Å². The molecular weight excluding hydrogens is 224 g/mol. The number of hydrogen-bond acceptors (Lipinski definition) is 2. The van der Waals surface area contributed by atoms with Gasteiger partial charge in [0.2, 0.25) is 5.91 Å². The fourth-order valence-electron chi connectivity index (χ4n) is 2.42. The van der Waals surface area contributed by atoms with Gasteiger partial charge in [0.1, 0.15) is 0 Å². The molecule has 3 heteroatoms. The summed E-state index contributed by atoms with van der Waals surface area (Å²) in [7, 11) is 0. The molecular formula is C15H22N2O. The molecule has 1 heterocycles. The molecule has 1 saturated heterocycles. The quantitative estimate of drug-likeness (QED) is 0.857. The van der Waals surface area contributed by atoms with E-state index in [9.17, 15) is 4.79 Å². The average Bonchev–Trinajstić information content (AvgIpc) is 2.76. The third kappa shape index (κ3) is 2.91. The molecule has 3 atom stereocenters. The van der Waals surface area contributed by atoms with Crippen LogP contribution in [0.4, 0.5) is 0 Å². The van der Waals surface area contributed by atoms with Gasteiger partial charge in [0, 0.05) is 6.54 Å². The first-order chi connectivity index (χ1) is 8.58. The number of benzene rings is 1. The van der Waals surface area contributed by atoms with Gasteiger partial charge in [-0.3, -0.25) is 4.79 Å². The van der Waals surface area contributed by atoms with Gasteiger partial charge in [-0.25, -0.2) is 0 Å². The molecule has 1 fully saturated rings. The van der Waals surface area contributed by atoms with E-state index in [0.29, 0.717) is 5.92 Å². The highest BCUT2D eigenvalue weighted by molar-refractivity contribution is 5.80. The largest absolute Gasteiger partial charge is 0.349 e. The van der Waals surface area contributed by atoms with Crippen LogP contribution in [-0.2, 0) is 4.79 Å². The van der Waals surface area contributed by atoms with Crippen LogP contribution >= 0.6 is 0 Å². The van der Waals surface area contributed by atoms with Gasteiger partial charge >= 0.3 is 0 Å². The van der Waals surface area contributed by atoms with Crippen LogP contribution in [0.3, 0.4) is 0 Å². The van der Waals surface area contributed by atoms with Crippen molar-refractivity contribution in [1.82, 2.24) is 10.6 Å². The molecule has 0 aliphatic carbocycles. The highest BCUT2D eigenvalue weighted by Gasteiger charge is 2.30. The first-order valence-electron chi connectivity index (χ1n) is 6.65. The Bertz CT molecular complexity index is 413. The van der Waals surface area contributed by atoms with Crippen molar-refractivity contribution in [1.29, 1.82) is 0 Å². The number of carbonyl (C=O) groups is 1. The van der Waals surface area contributed by atoms with E-state index >= 15 is 0 Å². The van der Waals surface area contributed by atoms with Crippen molar-refractivity contribution < 1.29 is 4.79 Å². The summed E-state index contributed by atoms with van der Waals surface area (Å²) in [6, 6.07) is 8.40. The Balaban J connectivity index is 1.96. The third-order valence-electron chi connectivity index (χ3n) is 3.79. The lowest BCUT2D eigenvalue weighted by atomic mass is 9.96. The zero-order valence-electron chi connectivity index (χ0n) is 11.4. The van der Waals surface area contributed by atoms with Gasteiger partial charge in [-0.1, -0.05) is 36.8 Å². The maximum Gasteiger partial charge on any atom is 0.225 e. The summed E-state index contributed by atoms with van der Waals surface area (Å²) in [5, 5.41) is 6.37. The second-order valence-electron chi connectivity index (χ2n) is 5.38. The van der Waals surface area contributed by atoms with Crippen LogP contribution in [0.5, 0.6) is 0 Å². The molecule has 1 aromatic rings. The van der Waals surface area contributed by atoms with Gasteiger partial charge in [-0.15, -0.1) is 0 Å². The fraction of sp³-hybridized carbons (Fsp3) is 0.533. The second-order valence-corrected chi connectivity index (χ2v) is 5.38. The molecule has 3 nitrogen and oxygen atoms in total. The third-order valence-corrected chi connectivity index (χ3v) is 3.79. The smallest absolute Gasteiger partial charge is 0.225 e. The van der Waals surface area contributed by atoms with Gasteiger partial charge in [0.05, 0.1) is 12.0 Å². The van der Waals surface area contributed by atoms with Gasteiger partial charge in [0.25, 0.3) is 0 Å². The van der Waals surface area contributed by atoms with E-state index in [1.54, 1.807) is 0 Å². The molecule has 1 aromatic carbocycles. The predicted molar refractivity (Wildman–Crippen MR) is 73.3 cm³/mol. The molecule has 18 heavy (non-hydrogen) atoms. The second kappa shape index (κ2) is 5.53. The summed E-state index contributed by atoms with van der Waals surface area (Å²) in [4.78, 5) is 12.2. The van der Waals surface area contributed by atoms with Crippen LogP contribution < -0.4 is 10.6 Å². The molecule has 2 rings (SSSR count). The molecule has 0 aromatic heterocycles. The molecule has 3 unspecified atom stereocenters. The van der Waals surface area contributed by atoms with Crippen LogP contribution in [0.2, 0.25) is 0 Å². The first kappa shape index (κ1) is 13.1. The molecule has 1 amide bonds. The molecule has 98 valence electrons. The van der Waals surface area contributed by atoms with Gasteiger partial charge < -0.3 is 10.6 Å². The molecule has 1 aliphatic heterocycles. The standard InChI is InChI=1S/C15H22N2O/c1-10-4-6-13(7-5-10)12(3)17-15(18)14-9-16-8-11(14)2/h4-7,11-12,14,16H,8-9H2,1-3H3,(H,17,18). The summed E-state index contributed by atoms with van der Waals surface area (Å²) in [6.45, 7) is 7.97. The van der Waals surface area contributed by atoms with Gasteiger partial charge in [0.15, 0.2) is 0 Å². The van der Waals surface area contributed by atoms with Crippen molar-refractivity contribution in [2.75, 3.05) is 13.1 Å². The van der Waals surface area contributed by atoms with Gasteiger partial charge in [-0.05, 0) is 31.9 Å². The predicted octanol–water partition coefficient (Wildman–Crippen LogP) is 2.03. The van der Waals surface area contributed by atoms with Gasteiger partial charge in [-0.2, -0.15) is 0 Å². The summed E-state index contributed by atoms with van der Waals surface area (Å²) >= 11 is 0. The Morgan fingerprint density at radius 2 is 2.00 bits per heavy atom. The maximum atomic E-state index is 12.2. The topological polar surface area (TPSA) is 41.1 Å². The van der Waals surface area contributed by atoms with Crippen LogP contribution in [0.25, 0.3) is 0 Å². The Labute approximate surface area is 109 Å². The van der Waals surface area contributed by atoms with E-state index in [-0.39, 0.29) is 17.9 Å². The highest BCUT2D eigenvalue weighted by atomic mass is 16.2. The molecule has 0 radical (unpaired) electrons. The van der Waals surface area contributed by atoms with E-state index in [1.165, 1.54) is 5.56 Å². The van der Waals surface area contributed by atoms with Crippen LogP contribution in [0.1, 0.15) is 31.0 Å². The minimum Gasteiger partial charge on any atom is -0.349 e. The zero-order valence-corrected chi connectivity index (χ0v) is 11.4. The minimum absolute atomic E-state index is 0.0749. The number of amides is 1. The highest BCUT2D eigenvalue weighted by Crippen LogP contribution is 2.19. The number of carbonyl (C=O) groups excluding carboxylic acids is 1. The van der Waals surface area contributed by atoms with Crippen molar-refractivity contribution in [2.24, 2.45) is 11.8 Å². The summed E-state index contributed by atoms with van der Waals surface area (Å²) in [5.74, 6) is 0.702. The fourth-order valence-corrected chi connectivity index (χ4v) is 2.42. The summed E-state index contributed by atoms with van der Waals surface area (Å²) < 4.78 is 0. The Hall–Kier alpha value is -1.35. The average molecular weight is 246 g/mol. The summed E-state index contributed by atoms with van der Waals surface area (Å²) in [5.41, 5.74) is 2.40. The number of rotatable bonds is 3.